The number of anilines is 1. The van der Waals surface area contributed by atoms with Crippen LogP contribution in [0.1, 0.15) is 40.5 Å². The molecule has 3 rings (SSSR count). The largest absolute Gasteiger partial charge is 0.352 e. The average Bonchev–Trinajstić information content (AvgIpc) is 2.75. The van der Waals surface area contributed by atoms with E-state index in [1.807, 2.05) is 42.5 Å². The molecular formula is C24H24N2O2. The summed E-state index contributed by atoms with van der Waals surface area (Å²) in [5.74, 6) is -0.419. The Morgan fingerprint density at radius 3 is 2.11 bits per heavy atom. The summed E-state index contributed by atoms with van der Waals surface area (Å²) in [7, 11) is 0. The van der Waals surface area contributed by atoms with E-state index in [1.54, 1.807) is 36.4 Å². The van der Waals surface area contributed by atoms with Crippen LogP contribution in [0.3, 0.4) is 0 Å². The highest BCUT2D eigenvalue weighted by atomic mass is 16.2. The van der Waals surface area contributed by atoms with Crippen LogP contribution in [0.5, 0.6) is 0 Å². The van der Waals surface area contributed by atoms with Crippen molar-refractivity contribution in [1.82, 2.24) is 5.32 Å². The van der Waals surface area contributed by atoms with E-state index in [0.29, 0.717) is 23.4 Å². The molecule has 3 aromatic carbocycles. The molecule has 0 aliphatic heterocycles. The predicted molar refractivity (Wildman–Crippen MR) is 114 cm³/mol. The van der Waals surface area contributed by atoms with E-state index in [-0.39, 0.29) is 11.8 Å². The van der Waals surface area contributed by atoms with Crippen molar-refractivity contribution in [3.05, 3.63) is 90.0 Å². The third-order valence-electron chi connectivity index (χ3n) is 4.49. The zero-order valence-corrected chi connectivity index (χ0v) is 15.9. The minimum atomic E-state index is -0.242. The molecule has 0 heterocycles. The van der Waals surface area contributed by atoms with Crippen LogP contribution in [0.4, 0.5) is 5.69 Å². The third-order valence-corrected chi connectivity index (χ3v) is 4.49. The lowest BCUT2D eigenvalue weighted by atomic mass is 10.0. The molecule has 0 spiro atoms. The number of benzene rings is 3. The van der Waals surface area contributed by atoms with Gasteiger partial charge in [0, 0.05) is 12.1 Å². The Morgan fingerprint density at radius 2 is 1.39 bits per heavy atom. The highest BCUT2D eigenvalue weighted by Crippen LogP contribution is 2.21. The summed E-state index contributed by atoms with van der Waals surface area (Å²) in [6.07, 6.45) is 1.94. The summed E-state index contributed by atoms with van der Waals surface area (Å²) >= 11 is 0. The SMILES string of the molecule is CCCCNC(=O)c1ccccc1NC(=O)c1ccc(-c2ccccc2)cc1. The monoisotopic (exact) mass is 372 g/mol. The molecule has 0 atom stereocenters. The number of para-hydroxylation sites is 1. The number of carbonyl (C=O) groups excluding carboxylic acids is 2. The number of unbranched alkanes of at least 4 members (excludes halogenated alkanes) is 1. The molecule has 2 amide bonds. The first-order valence-corrected chi connectivity index (χ1v) is 9.53. The molecular weight excluding hydrogens is 348 g/mol. The lowest BCUT2D eigenvalue weighted by molar-refractivity contribution is 0.0954. The Labute approximate surface area is 165 Å². The van der Waals surface area contributed by atoms with Gasteiger partial charge in [-0.2, -0.15) is 0 Å². The lowest BCUT2D eigenvalue weighted by Gasteiger charge is -2.12. The molecule has 0 fully saturated rings. The molecule has 0 aliphatic rings. The van der Waals surface area contributed by atoms with Crippen LogP contribution in [-0.4, -0.2) is 18.4 Å². The van der Waals surface area contributed by atoms with Gasteiger partial charge in [0.25, 0.3) is 11.8 Å². The molecule has 4 nitrogen and oxygen atoms in total. The normalized spacial score (nSPS) is 10.3. The van der Waals surface area contributed by atoms with Gasteiger partial charge in [0.1, 0.15) is 0 Å². The Bertz CT molecular complexity index is 934. The molecule has 0 unspecified atom stereocenters. The molecule has 0 aromatic heterocycles. The number of hydrogen-bond acceptors (Lipinski definition) is 2. The fourth-order valence-electron chi connectivity index (χ4n) is 2.90. The van der Waals surface area contributed by atoms with Crippen LogP contribution in [-0.2, 0) is 0 Å². The van der Waals surface area contributed by atoms with Crippen LogP contribution in [0.15, 0.2) is 78.9 Å². The quantitative estimate of drug-likeness (QED) is 0.565. The van der Waals surface area contributed by atoms with Crippen LogP contribution in [0, 0.1) is 0 Å². The summed E-state index contributed by atoms with van der Waals surface area (Å²) in [6, 6.07) is 24.5. The Kier molecular flexibility index (Phi) is 6.58. The van der Waals surface area contributed by atoms with Gasteiger partial charge in [0.2, 0.25) is 0 Å². The van der Waals surface area contributed by atoms with Crippen molar-refractivity contribution in [2.45, 2.75) is 19.8 Å². The zero-order valence-electron chi connectivity index (χ0n) is 15.9. The van der Waals surface area contributed by atoms with Crippen molar-refractivity contribution in [2.75, 3.05) is 11.9 Å². The minimum absolute atomic E-state index is 0.177. The first kappa shape index (κ1) is 19.4. The zero-order chi connectivity index (χ0) is 19.8. The van der Waals surface area contributed by atoms with Gasteiger partial charge >= 0.3 is 0 Å². The highest BCUT2D eigenvalue weighted by molar-refractivity contribution is 6.09. The van der Waals surface area contributed by atoms with Crippen molar-refractivity contribution < 1.29 is 9.59 Å². The van der Waals surface area contributed by atoms with Crippen molar-refractivity contribution in [2.24, 2.45) is 0 Å². The Hall–Kier alpha value is -3.40. The number of nitrogens with one attached hydrogen (secondary N) is 2. The number of carbonyl (C=O) groups is 2. The second-order valence-corrected chi connectivity index (χ2v) is 6.55. The van der Waals surface area contributed by atoms with Crippen LogP contribution < -0.4 is 10.6 Å². The average molecular weight is 372 g/mol. The molecule has 0 saturated heterocycles. The van der Waals surface area contributed by atoms with E-state index in [9.17, 15) is 9.59 Å². The van der Waals surface area contributed by atoms with E-state index < -0.39 is 0 Å². The first-order valence-electron chi connectivity index (χ1n) is 9.53. The maximum atomic E-state index is 12.7. The van der Waals surface area contributed by atoms with Crippen LogP contribution in [0.25, 0.3) is 11.1 Å². The molecule has 0 saturated carbocycles. The van der Waals surface area contributed by atoms with Gasteiger partial charge in [-0.25, -0.2) is 0 Å². The fourth-order valence-corrected chi connectivity index (χ4v) is 2.90. The highest BCUT2D eigenvalue weighted by Gasteiger charge is 2.13. The van der Waals surface area contributed by atoms with Gasteiger partial charge in [-0.1, -0.05) is 67.9 Å². The standard InChI is InChI=1S/C24H24N2O2/c1-2-3-17-25-24(28)21-11-7-8-12-22(21)26-23(27)20-15-13-19(14-16-20)18-9-5-4-6-10-18/h4-16H,2-3,17H2,1H3,(H,25,28)(H,26,27). The molecule has 3 aromatic rings. The summed E-state index contributed by atoms with van der Waals surface area (Å²) in [5, 5.41) is 5.75. The number of amides is 2. The maximum Gasteiger partial charge on any atom is 0.255 e. The molecule has 0 aliphatic carbocycles. The topological polar surface area (TPSA) is 58.2 Å². The summed E-state index contributed by atoms with van der Waals surface area (Å²) in [4.78, 5) is 25.1. The van der Waals surface area contributed by atoms with Gasteiger partial charge in [-0.05, 0) is 41.8 Å². The maximum absolute atomic E-state index is 12.7. The van der Waals surface area contributed by atoms with Gasteiger partial charge in [0.15, 0.2) is 0 Å². The molecule has 142 valence electrons. The van der Waals surface area contributed by atoms with Crippen LogP contribution in [0.2, 0.25) is 0 Å². The van der Waals surface area contributed by atoms with Crippen molar-refractivity contribution in [3.8, 4) is 11.1 Å². The van der Waals surface area contributed by atoms with Crippen LogP contribution >= 0.6 is 0 Å². The number of hydrogen-bond donors (Lipinski definition) is 2. The Morgan fingerprint density at radius 1 is 0.750 bits per heavy atom. The molecule has 4 heteroatoms. The van der Waals surface area contributed by atoms with Crippen molar-refractivity contribution >= 4 is 17.5 Å². The summed E-state index contributed by atoms with van der Waals surface area (Å²) < 4.78 is 0. The summed E-state index contributed by atoms with van der Waals surface area (Å²) in [6.45, 7) is 2.70. The smallest absolute Gasteiger partial charge is 0.255 e. The molecule has 28 heavy (non-hydrogen) atoms. The first-order chi connectivity index (χ1) is 13.7. The second-order valence-electron chi connectivity index (χ2n) is 6.55. The van der Waals surface area contributed by atoms with E-state index in [4.69, 9.17) is 0 Å². The molecule has 0 bridgehead atoms. The molecule has 0 radical (unpaired) electrons. The predicted octanol–water partition coefficient (Wildman–Crippen LogP) is 5.14. The van der Waals surface area contributed by atoms with Crippen molar-refractivity contribution in [1.29, 1.82) is 0 Å². The fraction of sp³-hybridized carbons (Fsp3) is 0.167. The van der Waals surface area contributed by atoms with Gasteiger partial charge < -0.3 is 10.6 Å². The summed E-state index contributed by atoms with van der Waals surface area (Å²) in [5.41, 5.74) is 3.67. The van der Waals surface area contributed by atoms with Crippen molar-refractivity contribution in [3.63, 3.8) is 0 Å². The number of rotatable bonds is 7. The molecule has 2 N–H and O–H groups in total. The van der Waals surface area contributed by atoms with E-state index in [2.05, 4.69) is 17.6 Å². The van der Waals surface area contributed by atoms with Gasteiger partial charge in [-0.3, -0.25) is 9.59 Å². The Balaban J connectivity index is 1.72. The van der Waals surface area contributed by atoms with Gasteiger partial charge in [0.05, 0.1) is 11.3 Å². The van der Waals surface area contributed by atoms with E-state index in [0.717, 1.165) is 24.0 Å². The minimum Gasteiger partial charge on any atom is -0.352 e. The third kappa shape index (κ3) is 4.86. The van der Waals surface area contributed by atoms with Gasteiger partial charge in [-0.15, -0.1) is 0 Å². The van der Waals surface area contributed by atoms with E-state index in [1.165, 1.54) is 0 Å². The lowest BCUT2D eigenvalue weighted by Crippen LogP contribution is -2.26. The second kappa shape index (κ2) is 9.51. The van der Waals surface area contributed by atoms with E-state index >= 15 is 0 Å².